The zero-order valence-electron chi connectivity index (χ0n) is 10.1. The molecule has 0 aliphatic carbocycles. The minimum atomic E-state index is 0.877. The van der Waals surface area contributed by atoms with Gasteiger partial charge in [0, 0.05) is 16.7 Å². The van der Waals surface area contributed by atoms with E-state index in [0.717, 1.165) is 16.7 Å². The van der Waals surface area contributed by atoms with E-state index in [1.54, 1.807) is 11.3 Å². The van der Waals surface area contributed by atoms with E-state index in [0.29, 0.717) is 0 Å². The summed E-state index contributed by atoms with van der Waals surface area (Å²) in [6.45, 7) is 2.39. The molecule has 1 N–H and O–H groups in total. The molecule has 1 aromatic carbocycles. The van der Waals surface area contributed by atoms with Gasteiger partial charge in [0.25, 0.3) is 0 Å². The lowest BCUT2D eigenvalue weighted by molar-refractivity contribution is 0.385. The Labute approximate surface area is 116 Å². The lowest BCUT2D eigenvalue weighted by atomic mass is 10.1. The number of thioether (sulfide) groups is 1. The predicted octanol–water partition coefficient (Wildman–Crippen LogP) is 3.26. The van der Waals surface area contributed by atoms with Gasteiger partial charge in [-0.05, 0) is 24.8 Å². The largest absolute Gasteiger partial charge is 0.316 e. The van der Waals surface area contributed by atoms with Crippen LogP contribution in [0.25, 0.3) is 10.6 Å². The van der Waals surface area contributed by atoms with Gasteiger partial charge in [-0.15, -0.1) is 11.3 Å². The molecule has 3 rings (SSSR count). The van der Waals surface area contributed by atoms with Gasteiger partial charge in [-0.2, -0.15) is 11.8 Å². The SMILES string of the molecule is c1ccc(-c2nc(CSCC3CNC3)cs2)cc1. The first-order valence-electron chi connectivity index (χ1n) is 6.20. The van der Waals surface area contributed by atoms with Crippen molar-refractivity contribution in [2.24, 2.45) is 5.92 Å². The van der Waals surface area contributed by atoms with Crippen LogP contribution in [-0.2, 0) is 5.75 Å². The molecule has 0 unspecified atom stereocenters. The molecule has 0 amide bonds. The summed E-state index contributed by atoms with van der Waals surface area (Å²) >= 11 is 3.75. The van der Waals surface area contributed by atoms with Gasteiger partial charge in [0.2, 0.25) is 0 Å². The first-order chi connectivity index (χ1) is 8.92. The van der Waals surface area contributed by atoms with Crippen LogP contribution < -0.4 is 5.32 Å². The standard InChI is InChI=1S/C14H16N2S2/c1-2-4-12(5-3-1)14-16-13(10-18-14)9-17-8-11-6-15-7-11/h1-5,10-11,15H,6-9H2. The highest BCUT2D eigenvalue weighted by atomic mass is 32.2. The Morgan fingerprint density at radius 3 is 2.83 bits per heavy atom. The summed E-state index contributed by atoms with van der Waals surface area (Å²) in [4.78, 5) is 4.70. The monoisotopic (exact) mass is 276 g/mol. The van der Waals surface area contributed by atoms with Crippen LogP contribution in [0.4, 0.5) is 0 Å². The van der Waals surface area contributed by atoms with Gasteiger partial charge in [-0.25, -0.2) is 4.98 Å². The van der Waals surface area contributed by atoms with E-state index in [2.05, 4.69) is 35.0 Å². The van der Waals surface area contributed by atoms with E-state index in [9.17, 15) is 0 Å². The summed E-state index contributed by atoms with van der Waals surface area (Å²) in [5.41, 5.74) is 2.44. The molecule has 0 saturated carbocycles. The molecule has 1 saturated heterocycles. The van der Waals surface area contributed by atoms with Crippen LogP contribution >= 0.6 is 23.1 Å². The lowest BCUT2D eigenvalue weighted by Gasteiger charge is -2.26. The predicted molar refractivity (Wildman–Crippen MR) is 80.1 cm³/mol. The fourth-order valence-corrected chi connectivity index (χ4v) is 3.86. The number of nitrogens with zero attached hydrogens (tertiary/aromatic N) is 1. The Morgan fingerprint density at radius 1 is 1.28 bits per heavy atom. The van der Waals surface area contributed by atoms with Gasteiger partial charge in [0.1, 0.15) is 5.01 Å². The highest BCUT2D eigenvalue weighted by molar-refractivity contribution is 7.98. The Hall–Kier alpha value is -0.840. The van der Waals surface area contributed by atoms with Gasteiger partial charge >= 0.3 is 0 Å². The van der Waals surface area contributed by atoms with Crippen molar-refractivity contribution >= 4 is 23.1 Å². The average Bonchev–Trinajstić information content (AvgIpc) is 2.82. The van der Waals surface area contributed by atoms with Crippen molar-refractivity contribution in [3.8, 4) is 10.6 Å². The third kappa shape index (κ3) is 2.94. The maximum absolute atomic E-state index is 4.70. The topological polar surface area (TPSA) is 24.9 Å². The number of hydrogen-bond donors (Lipinski definition) is 1. The van der Waals surface area contributed by atoms with Crippen LogP contribution in [0.3, 0.4) is 0 Å². The molecule has 2 aromatic rings. The van der Waals surface area contributed by atoms with E-state index in [1.165, 1.54) is 30.1 Å². The second kappa shape index (κ2) is 5.87. The van der Waals surface area contributed by atoms with Crippen molar-refractivity contribution in [2.45, 2.75) is 5.75 Å². The summed E-state index contributed by atoms with van der Waals surface area (Å²) in [5, 5.41) is 6.63. The molecular formula is C14H16N2S2. The normalized spacial score (nSPS) is 15.6. The number of nitrogens with one attached hydrogen (secondary N) is 1. The number of thiazole rings is 1. The summed E-state index contributed by atoms with van der Waals surface area (Å²) < 4.78 is 0. The zero-order chi connectivity index (χ0) is 12.2. The Kier molecular flexibility index (Phi) is 3.98. The summed E-state index contributed by atoms with van der Waals surface area (Å²) in [6.07, 6.45) is 0. The zero-order valence-corrected chi connectivity index (χ0v) is 11.8. The molecule has 0 atom stereocenters. The van der Waals surface area contributed by atoms with Crippen LogP contribution in [-0.4, -0.2) is 23.8 Å². The van der Waals surface area contributed by atoms with Gasteiger partial charge in [-0.3, -0.25) is 0 Å². The minimum absolute atomic E-state index is 0.877. The van der Waals surface area contributed by atoms with E-state index in [-0.39, 0.29) is 0 Å². The highest BCUT2D eigenvalue weighted by Gasteiger charge is 2.16. The molecule has 0 spiro atoms. The van der Waals surface area contributed by atoms with E-state index < -0.39 is 0 Å². The van der Waals surface area contributed by atoms with Gasteiger partial charge in [-0.1, -0.05) is 30.3 Å². The highest BCUT2D eigenvalue weighted by Crippen LogP contribution is 2.25. The van der Waals surface area contributed by atoms with E-state index in [1.807, 2.05) is 17.8 Å². The van der Waals surface area contributed by atoms with Crippen LogP contribution in [0.1, 0.15) is 5.69 Å². The minimum Gasteiger partial charge on any atom is -0.316 e. The number of benzene rings is 1. The van der Waals surface area contributed by atoms with E-state index >= 15 is 0 Å². The van der Waals surface area contributed by atoms with Crippen molar-refractivity contribution in [1.29, 1.82) is 0 Å². The van der Waals surface area contributed by atoms with Crippen LogP contribution in [0, 0.1) is 5.92 Å². The molecular weight excluding hydrogens is 260 g/mol. The number of aromatic nitrogens is 1. The fourth-order valence-electron chi connectivity index (χ4n) is 1.88. The Morgan fingerprint density at radius 2 is 2.11 bits per heavy atom. The molecule has 18 heavy (non-hydrogen) atoms. The van der Waals surface area contributed by atoms with Crippen molar-refractivity contribution in [3.63, 3.8) is 0 Å². The third-order valence-corrected chi connectivity index (χ3v) is 5.19. The molecule has 94 valence electrons. The van der Waals surface area contributed by atoms with Crippen molar-refractivity contribution < 1.29 is 0 Å². The fraction of sp³-hybridized carbons (Fsp3) is 0.357. The second-order valence-electron chi connectivity index (χ2n) is 4.55. The summed E-state index contributed by atoms with van der Waals surface area (Å²) in [7, 11) is 0. The number of rotatable bonds is 5. The average molecular weight is 276 g/mol. The van der Waals surface area contributed by atoms with Crippen molar-refractivity contribution in [2.75, 3.05) is 18.8 Å². The smallest absolute Gasteiger partial charge is 0.123 e. The molecule has 1 aliphatic rings. The molecule has 2 nitrogen and oxygen atoms in total. The molecule has 4 heteroatoms. The molecule has 1 aliphatic heterocycles. The van der Waals surface area contributed by atoms with Crippen LogP contribution in [0.15, 0.2) is 35.7 Å². The molecule has 2 heterocycles. The van der Waals surface area contributed by atoms with Crippen molar-refractivity contribution in [1.82, 2.24) is 10.3 Å². The quantitative estimate of drug-likeness (QED) is 0.907. The molecule has 1 aromatic heterocycles. The molecule has 0 bridgehead atoms. The second-order valence-corrected chi connectivity index (χ2v) is 6.44. The lowest BCUT2D eigenvalue weighted by Crippen LogP contribution is -2.43. The molecule has 0 radical (unpaired) electrons. The number of hydrogen-bond acceptors (Lipinski definition) is 4. The Balaban J connectivity index is 1.56. The third-order valence-electron chi connectivity index (χ3n) is 3.04. The van der Waals surface area contributed by atoms with Gasteiger partial charge in [0.05, 0.1) is 5.69 Å². The summed E-state index contributed by atoms with van der Waals surface area (Å²) in [6, 6.07) is 10.4. The van der Waals surface area contributed by atoms with Gasteiger partial charge in [0.15, 0.2) is 0 Å². The first kappa shape index (κ1) is 12.2. The van der Waals surface area contributed by atoms with Crippen molar-refractivity contribution in [3.05, 3.63) is 41.4 Å². The summed E-state index contributed by atoms with van der Waals surface area (Å²) in [5.74, 6) is 3.17. The Bertz CT molecular complexity index is 492. The van der Waals surface area contributed by atoms with E-state index in [4.69, 9.17) is 4.98 Å². The van der Waals surface area contributed by atoms with Crippen LogP contribution in [0.5, 0.6) is 0 Å². The first-order valence-corrected chi connectivity index (χ1v) is 8.23. The molecule has 1 fully saturated rings. The van der Waals surface area contributed by atoms with Gasteiger partial charge < -0.3 is 5.32 Å². The maximum Gasteiger partial charge on any atom is 0.123 e. The van der Waals surface area contributed by atoms with Crippen LogP contribution in [0.2, 0.25) is 0 Å². The maximum atomic E-state index is 4.70.